The van der Waals surface area contributed by atoms with Crippen LogP contribution in [0, 0.1) is 13.8 Å². The predicted molar refractivity (Wildman–Crippen MR) is 102 cm³/mol. The van der Waals surface area contributed by atoms with Crippen LogP contribution < -0.4 is 5.32 Å². The highest BCUT2D eigenvalue weighted by molar-refractivity contribution is 5.92. The fourth-order valence-electron chi connectivity index (χ4n) is 2.87. The van der Waals surface area contributed by atoms with E-state index in [0.717, 1.165) is 22.3 Å². The van der Waals surface area contributed by atoms with Gasteiger partial charge < -0.3 is 10.3 Å². The van der Waals surface area contributed by atoms with Crippen molar-refractivity contribution in [3.63, 3.8) is 0 Å². The van der Waals surface area contributed by atoms with E-state index in [0.29, 0.717) is 18.1 Å². The summed E-state index contributed by atoms with van der Waals surface area (Å²) in [5.74, 6) is 1.07. The number of aryl methyl sites for hydroxylation is 2. The third-order valence-corrected chi connectivity index (χ3v) is 4.41. The maximum atomic E-state index is 12.2. The number of H-pyrrole nitrogens is 2. The minimum Gasteiger partial charge on any atom is -0.337 e. The van der Waals surface area contributed by atoms with Crippen LogP contribution in [0.1, 0.15) is 16.7 Å². The SMILES string of the molecule is Cc1cc2nc(-c3cc(NC(=O)Cc4ccccc4)n[nH]3)[nH]c2cc1C. The first kappa shape index (κ1) is 16.1. The van der Waals surface area contributed by atoms with E-state index in [-0.39, 0.29) is 5.91 Å². The molecule has 0 aliphatic carbocycles. The van der Waals surface area contributed by atoms with Crippen molar-refractivity contribution in [2.75, 3.05) is 5.32 Å². The van der Waals surface area contributed by atoms with Crippen LogP contribution >= 0.6 is 0 Å². The Kier molecular flexibility index (Phi) is 4.01. The molecule has 3 N–H and O–H groups in total. The molecule has 130 valence electrons. The molecule has 1 amide bonds. The van der Waals surface area contributed by atoms with E-state index >= 15 is 0 Å². The van der Waals surface area contributed by atoms with Crippen molar-refractivity contribution in [1.29, 1.82) is 0 Å². The highest BCUT2D eigenvalue weighted by Crippen LogP contribution is 2.23. The lowest BCUT2D eigenvalue weighted by molar-refractivity contribution is -0.115. The smallest absolute Gasteiger partial charge is 0.229 e. The molecule has 6 nitrogen and oxygen atoms in total. The van der Waals surface area contributed by atoms with Crippen molar-refractivity contribution in [3.8, 4) is 11.5 Å². The lowest BCUT2D eigenvalue weighted by Crippen LogP contribution is -2.14. The maximum Gasteiger partial charge on any atom is 0.229 e. The number of hydrogen-bond acceptors (Lipinski definition) is 3. The molecule has 0 saturated carbocycles. The number of amides is 1. The zero-order chi connectivity index (χ0) is 18.1. The highest BCUT2D eigenvalue weighted by atomic mass is 16.1. The van der Waals surface area contributed by atoms with E-state index in [1.807, 2.05) is 30.3 Å². The summed E-state index contributed by atoms with van der Waals surface area (Å²) in [6.07, 6.45) is 0.312. The summed E-state index contributed by atoms with van der Waals surface area (Å²) in [6.45, 7) is 4.14. The molecule has 0 bridgehead atoms. The number of nitrogens with one attached hydrogen (secondary N) is 3. The van der Waals surface area contributed by atoms with Crippen molar-refractivity contribution >= 4 is 22.8 Å². The zero-order valence-electron chi connectivity index (χ0n) is 14.6. The van der Waals surface area contributed by atoms with Gasteiger partial charge in [0.25, 0.3) is 0 Å². The topological polar surface area (TPSA) is 86.5 Å². The van der Waals surface area contributed by atoms with Gasteiger partial charge in [0.2, 0.25) is 5.91 Å². The normalized spacial score (nSPS) is 11.0. The molecule has 2 aromatic carbocycles. The van der Waals surface area contributed by atoms with Crippen LogP contribution in [0.5, 0.6) is 0 Å². The standard InChI is InChI=1S/C20H19N5O/c1-12-8-15-16(9-13(12)2)22-20(21-15)17-11-18(25-24-17)23-19(26)10-14-6-4-3-5-7-14/h3-9,11H,10H2,1-2H3,(H,21,22)(H2,23,24,25,26). The molecule has 2 heterocycles. The summed E-state index contributed by atoms with van der Waals surface area (Å²) in [7, 11) is 0. The lowest BCUT2D eigenvalue weighted by Gasteiger charge is -2.01. The summed E-state index contributed by atoms with van der Waals surface area (Å²) in [5, 5.41) is 9.90. The Balaban J connectivity index is 1.52. The Hall–Kier alpha value is -3.41. The number of aromatic amines is 2. The zero-order valence-corrected chi connectivity index (χ0v) is 14.6. The lowest BCUT2D eigenvalue weighted by atomic mass is 10.1. The number of aromatic nitrogens is 4. The van der Waals surface area contributed by atoms with Crippen molar-refractivity contribution in [2.24, 2.45) is 0 Å². The Morgan fingerprint density at radius 2 is 1.85 bits per heavy atom. The van der Waals surface area contributed by atoms with Crippen LogP contribution in [0.2, 0.25) is 0 Å². The van der Waals surface area contributed by atoms with E-state index < -0.39 is 0 Å². The number of anilines is 1. The number of rotatable bonds is 4. The van der Waals surface area contributed by atoms with Crippen molar-refractivity contribution in [3.05, 3.63) is 65.2 Å². The average molecular weight is 345 g/mol. The van der Waals surface area contributed by atoms with Crippen LogP contribution in [0.4, 0.5) is 5.82 Å². The fraction of sp³-hybridized carbons (Fsp3) is 0.150. The molecule has 4 aromatic rings. The first-order valence-electron chi connectivity index (χ1n) is 8.45. The second-order valence-corrected chi connectivity index (χ2v) is 6.42. The molecule has 0 atom stereocenters. The van der Waals surface area contributed by atoms with Gasteiger partial charge in [-0.05, 0) is 42.7 Å². The molecule has 0 aliphatic rings. The van der Waals surface area contributed by atoms with Crippen LogP contribution in [0.15, 0.2) is 48.5 Å². The molecule has 0 aliphatic heterocycles. The van der Waals surface area contributed by atoms with Crippen molar-refractivity contribution < 1.29 is 4.79 Å². The van der Waals surface area contributed by atoms with E-state index in [1.165, 1.54) is 11.1 Å². The molecule has 6 heteroatoms. The van der Waals surface area contributed by atoms with Crippen molar-refractivity contribution in [1.82, 2.24) is 20.2 Å². The Bertz CT molecular complexity index is 1040. The Labute approximate surface area is 150 Å². The molecule has 0 fully saturated rings. The maximum absolute atomic E-state index is 12.2. The molecule has 4 rings (SSSR count). The van der Waals surface area contributed by atoms with Gasteiger partial charge in [-0.25, -0.2) is 4.98 Å². The summed E-state index contributed by atoms with van der Waals surface area (Å²) >= 11 is 0. The molecule has 2 aromatic heterocycles. The Morgan fingerprint density at radius 1 is 1.08 bits per heavy atom. The third-order valence-electron chi connectivity index (χ3n) is 4.41. The summed E-state index contributed by atoms with van der Waals surface area (Å²) < 4.78 is 0. The van der Waals surface area contributed by atoms with Crippen LogP contribution in [0.25, 0.3) is 22.6 Å². The van der Waals surface area contributed by atoms with Gasteiger partial charge in [-0.2, -0.15) is 5.10 Å². The number of imidazole rings is 1. The van der Waals surface area contributed by atoms with Gasteiger partial charge in [-0.1, -0.05) is 30.3 Å². The number of benzene rings is 2. The molecule has 0 saturated heterocycles. The largest absolute Gasteiger partial charge is 0.337 e. The van der Waals surface area contributed by atoms with Gasteiger partial charge in [0, 0.05) is 6.07 Å². The summed E-state index contributed by atoms with van der Waals surface area (Å²) in [6, 6.07) is 15.5. The van der Waals surface area contributed by atoms with Gasteiger partial charge in [0.15, 0.2) is 11.6 Å². The molecule has 0 unspecified atom stereocenters. The third kappa shape index (κ3) is 3.21. The van der Waals surface area contributed by atoms with E-state index in [1.54, 1.807) is 6.07 Å². The number of carbonyl (C=O) groups is 1. The molecule has 0 radical (unpaired) electrons. The van der Waals surface area contributed by atoms with E-state index in [2.05, 4.69) is 51.5 Å². The Morgan fingerprint density at radius 3 is 2.65 bits per heavy atom. The number of carbonyl (C=O) groups excluding carboxylic acids is 1. The average Bonchev–Trinajstić information content (AvgIpc) is 3.23. The quantitative estimate of drug-likeness (QED) is 0.526. The van der Waals surface area contributed by atoms with E-state index in [9.17, 15) is 4.79 Å². The number of nitrogens with zero attached hydrogens (tertiary/aromatic N) is 2. The highest BCUT2D eigenvalue weighted by Gasteiger charge is 2.11. The van der Waals surface area contributed by atoms with Crippen LogP contribution in [-0.2, 0) is 11.2 Å². The molecule has 0 spiro atoms. The van der Waals surface area contributed by atoms with Crippen LogP contribution in [-0.4, -0.2) is 26.1 Å². The second-order valence-electron chi connectivity index (χ2n) is 6.42. The predicted octanol–water partition coefficient (Wildman–Crippen LogP) is 3.75. The minimum absolute atomic E-state index is 0.106. The first-order chi connectivity index (χ1) is 12.6. The molecular formula is C20H19N5O. The van der Waals surface area contributed by atoms with Gasteiger partial charge in [-0.3, -0.25) is 9.89 Å². The molecule has 26 heavy (non-hydrogen) atoms. The number of fused-ring (bicyclic) bond motifs is 1. The van der Waals surface area contributed by atoms with Gasteiger partial charge >= 0.3 is 0 Å². The summed E-state index contributed by atoms with van der Waals surface area (Å²) in [5.41, 5.74) is 6.00. The number of hydrogen-bond donors (Lipinski definition) is 3. The minimum atomic E-state index is -0.106. The first-order valence-corrected chi connectivity index (χ1v) is 8.45. The second kappa shape index (κ2) is 6.48. The van der Waals surface area contributed by atoms with Crippen LogP contribution in [0.3, 0.4) is 0 Å². The van der Waals surface area contributed by atoms with Gasteiger partial charge in [0.05, 0.1) is 17.5 Å². The van der Waals surface area contributed by atoms with Gasteiger partial charge in [0.1, 0.15) is 5.69 Å². The summed E-state index contributed by atoms with van der Waals surface area (Å²) in [4.78, 5) is 20.1. The fourth-order valence-corrected chi connectivity index (χ4v) is 2.87. The molecular weight excluding hydrogens is 326 g/mol. The monoisotopic (exact) mass is 345 g/mol. The van der Waals surface area contributed by atoms with Crippen molar-refractivity contribution in [2.45, 2.75) is 20.3 Å². The van der Waals surface area contributed by atoms with Gasteiger partial charge in [-0.15, -0.1) is 0 Å². The van der Waals surface area contributed by atoms with E-state index in [4.69, 9.17) is 0 Å².